The van der Waals surface area contributed by atoms with Crippen molar-refractivity contribution in [3.05, 3.63) is 29.8 Å². The number of fused-ring (bicyclic) bond motifs is 1. The molecule has 0 bridgehead atoms. The van der Waals surface area contributed by atoms with Gasteiger partial charge in [0.2, 0.25) is 5.91 Å². The van der Waals surface area contributed by atoms with E-state index >= 15 is 0 Å². The van der Waals surface area contributed by atoms with Crippen LogP contribution in [0, 0.1) is 5.92 Å². The Morgan fingerprint density at radius 1 is 1.42 bits per heavy atom. The van der Waals surface area contributed by atoms with Crippen LogP contribution in [0.25, 0.3) is 0 Å². The van der Waals surface area contributed by atoms with Gasteiger partial charge in [-0.2, -0.15) is 0 Å². The van der Waals surface area contributed by atoms with Crippen LogP contribution in [0.15, 0.2) is 29.2 Å². The number of nitrogens with one attached hydrogen (secondary N) is 1. The Morgan fingerprint density at radius 2 is 2.11 bits per heavy atom. The van der Waals surface area contributed by atoms with E-state index in [0.717, 1.165) is 6.42 Å². The van der Waals surface area contributed by atoms with Gasteiger partial charge in [0, 0.05) is 5.92 Å². The minimum absolute atomic E-state index is 0.0124. The van der Waals surface area contributed by atoms with Gasteiger partial charge in [-0.05, 0) is 24.5 Å². The van der Waals surface area contributed by atoms with Gasteiger partial charge < -0.3 is 5.32 Å². The SMILES string of the molecule is CC[C@H](C)C(=O)N[C@@H]1CCS(=O)(=O)c2ccccc21. The number of carbonyl (C=O) groups is 1. The van der Waals surface area contributed by atoms with Crippen LogP contribution in [-0.2, 0) is 14.6 Å². The molecule has 5 heteroatoms. The van der Waals surface area contributed by atoms with Gasteiger partial charge in [-0.15, -0.1) is 0 Å². The molecule has 104 valence electrons. The predicted octanol–water partition coefficient (Wildman–Crippen LogP) is 2.07. The lowest BCUT2D eigenvalue weighted by atomic mass is 10.0. The molecule has 19 heavy (non-hydrogen) atoms. The van der Waals surface area contributed by atoms with Gasteiger partial charge >= 0.3 is 0 Å². The fraction of sp³-hybridized carbons (Fsp3) is 0.500. The smallest absolute Gasteiger partial charge is 0.223 e. The Hall–Kier alpha value is -1.36. The number of hydrogen-bond acceptors (Lipinski definition) is 3. The maximum atomic E-state index is 12.0. The molecule has 0 radical (unpaired) electrons. The summed E-state index contributed by atoms with van der Waals surface area (Å²) in [6.45, 7) is 3.84. The highest BCUT2D eigenvalue weighted by Crippen LogP contribution is 2.32. The molecule has 1 aromatic rings. The predicted molar refractivity (Wildman–Crippen MR) is 73.5 cm³/mol. The molecule has 0 aromatic heterocycles. The summed E-state index contributed by atoms with van der Waals surface area (Å²) in [6.07, 6.45) is 1.22. The van der Waals surface area contributed by atoms with Crippen LogP contribution in [0.5, 0.6) is 0 Å². The molecule has 0 unspecified atom stereocenters. The van der Waals surface area contributed by atoms with Crippen LogP contribution < -0.4 is 5.32 Å². The average Bonchev–Trinajstić information content (AvgIpc) is 2.41. The zero-order valence-electron chi connectivity index (χ0n) is 11.2. The highest BCUT2D eigenvalue weighted by atomic mass is 32.2. The number of rotatable bonds is 3. The van der Waals surface area contributed by atoms with E-state index in [2.05, 4.69) is 5.32 Å². The van der Waals surface area contributed by atoms with Crippen molar-refractivity contribution in [1.29, 1.82) is 0 Å². The van der Waals surface area contributed by atoms with E-state index in [1.165, 1.54) is 0 Å². The minimum Gasteiger partial charge on any atom is -0.349 e. The standard InChI is InChI=1S/C14H19NO3S/c1-3-10(2)14(16)15-12-8-9-19(17,18)13-7-5-4-6-11(12)13/h4-7,10,12H,3,8-9H2,1-2H3,(H,15,16)/t10-,12+/m0/s1. The van der Waals surface area contributed by atoms with Crippen molar-refractivity contribution in [3.8, 4) is 0 Å². The van der Waals surface area contributed by atoms with Crippen molar-refractivity contribution in [2.75, 3.05) is 5.75 Å². The highest BCUT2D eigenvalue weighted by Gasteiger charge is 2.31. The summed E-state index contributed by atoms with van der Waals surface area (Å²) in [5.74, 6) is 0.0300. The summed E-state index contributed by atoms with van der Waals surface area (Å²) in [5.41, 5.74) is 0.713. The lowest BCUT2D eigenvalue weighted by molar-refractivity contribution is -0.125. The lowest BCUT2D eigenvalue weighted by Crippen LogP contribution is -2.36. The number of hydrogen-bond donors (Lipinski definition) is 1. The number of carbonyl (C=O) groups excluding carboxylic acids is 1. The molecule has 1 aliphatic heterocycles. The third kappa shape index (κ3) is 2.81. The zero-order chi connectivity index (χ0) is 14.0. The van der Waals surface area contributed by atoms with Crippen molar-refractivity contribution in [1.82, 2.24) is 5.32 Å². The summed E-state index contributed by atoms with van der Waals surface area (Å²) >= 11 is 0. The van der Waals surface area contributed by atoms with Crippen molar-refractivity contribution in [3.63, 3.8) is 0 Å². The molecule has 1 heterocycles. The van der Waals surface area contributed by atoms with E-state index in [1.807, 2.05) is 19.9 Å². The summed E-state index contributed by atoms with van der Waals surface area (Å²) < 4.78 is 24.0. The Balaban J connectivity index is 2.28. The molecule has 0 spiro atoms. The van der Waals surface area contributed by atoms with Crippen molar-refractivity contribution in [2.45, 2.75) is 37.6 Å². The second-order valence-electron chi connectivity index (χ2n) is 5.02. The molecule has 0 fully saturated rings. The normalized spacial score (nSPS) is 22.3. The number of sulfone groups is 1. The van der Waals surface area contributed by atoms with Gasteiger partial charge in [-0.3, -0.25) is 4.79 Å². The summed E-state index contributed by atoms with van der Waals surface area (Å²) in [6, 6.07) is 6.73. The second kappa shape index (κ2) is 5.33. The molecule has 0 saturated carbocycles. The Labute approximate surface area is 114 Å². The largest absolute Gasteiger partial charge is 0.349 e. The van der Waals surface area contributed by atoms with Gasteiger partial charge in [-0.1, -0.05) is 32.0 Å². The lowest BCUT2D eigenvalue weighted by Gasteiger charge is -2.27. The third-order valence-electron chi connectivity index (χ3n) is 3.68. The molecule has 1 N–H and O–H groups in total. The van der Waals surface area contributed by atoms with Crippen LogP contribution >= 0.6 is 0 Å². The molecule has 1 aromatic carbocycles. The Kier molecular flexibility index (Phi) is 3.94. The van der Waals surface area contributed by atoms with E-state index in [4.69, 9.17) is 0 Å². The summed E-state index contributed by atoms with van der Waals surface area (Å²) in [7, 11) is -3.19. The maximum Gasteiger partial charge on any atom is 0.223 e. The van der Waals surface area contributed by atoms with Crippen LogP contribution in [0.3, 0.4) is 0 Å². The fourth-order valence-electron chi connectivity index (χ4n) is 2.24. The maximum absolute atomic E-state index is 12.0. The average molecular weight is 281 g/mol. The number of benzene rings is 1. The van der Waals surface area contributed by atoms with E-state index in [1.54, 1.807) is 18.2 Å². The first-order valence-corrected chi connectivity index (χ1v) is 8.23. The summed E-state index contributed by atoms with van der Waals surface area (Å²) in [4.78, 5) is 12.3. The zero-order valence-corrected chi connectivity index (χ0v) is 12.0. The van der Waals surface area contributed by atoms with Gasteiger partial charge in [0.1, 0.15) is 0 Å². The minimum atomic E-state index is -3.19. The molecule has 2 atom stereocenters. The molecule has 2 rings (SSSR count). The molecular weight excluding hydrogens is 262 g/mol. The van der Waals surface area contributed by atoms with E-state index < -0.39 is 9.84 Å². The van der Waals surface area contributed by atoms with Crippen LogP contribution in [0.4, 0.5) is 0 Å². The topological polar surface area (TPSA) is 63.2 Å². The van der Waals surface area contributed by atoms with Gasteiger partial charge in [-0.25, -0.2) is 8.42 Å². The van der Waals surface area contributed by atoms with Crippen LogP contribution in [0.2, 0.25) is 0 Å². The molecule has 0 saturated heterocycles. The second-order valence-corrected chi connectivity index (χ2v) is 7.09. The van der Waals surface area contributed by atoms with E-state index in [9.17, 15) is 13.2 Å². The monoisotopic (exact) mass is 281 g/mol. The first-order chi connectivity index (χ1) is 8.95. The quantitative estimate of drug-likeness (QED) is 0.922. The first-order valence-electron chi connectivity index (χ1n) is 6.57. The van der Waals surface area contributed by atoms with Crippen molar-refractivity contribution >= 4 is 15.7 Å². The van der Waals surface area contributed by atoms with Crippen LogP contribution in [-0.4, -0.2) is 20.1 Å². The number of amides is 1. The Bertz CT molecular complexity index is 580. The van der Waals surface area contributed by atoms with Crippen LogP contribution in [0.1, 0.15) is 38.3 Å². The van der Waals surface area contributed by atoms with Gasteiger partial charge in [0.05, 0.1) is 16.7 Å². The highest BCUT2D eigenvalue weighted by molar-refractivity contribution is 7.91. The Morgan fingerprint density at radius 3 is 2.79 bits per heavy atom. The van der Waals surface area contributed by atoms with E-state index in [0.29, 0.717) is 16.9 Å². The molecule has 4 nitrogen and oxygen atoms in total. The van der Waals surface area contributed by atoms with Gasteiger partial charge in [0.15, 0.2) is 9.84 Å². The van der Waals surface area contributed by atoms with Gasteiger partial charge in [0.25, 0.3) is 0 Å². The van der Waals surface area contributed by atoms with Crippen molar-refractivity contribution < 1.29 is 13.2 Å². The summed E-state index contributed by atoms with van der Waals surface area (Å²) in [5, 5.41) is 2.96. The van der Waals surface area contributed by atoms with E-state index in [-0.39, 0.29) is 23.6 Å². The molecule has 0 aliphatic carbocycles. The van der Waals surface area contributed by atoms with Crippen molar-refractivity contribution in [2.24, 2.45) is 5.92 Å². The molecular formula is C14H19NO3S. The third-order valence-corrected chi connectivity index (χ3v) is 5.50. The first kappa shape index (κ1) is 14.1. The fourth-order valence-corrected chi connectivity index (χ4v) is 3.86. The molecule has 1 amide bonds. The molecule has 1 aliphatic rings.